The quantitative estimate of drug-likeness (QED) is 0.672. The van der Waals surface area contributed by atoms with Crippen molar-refractivity contribution in [1.82, 2.24) is 24.8 Å². The minimum atomic E-state index is -5.08. The van der Waals surface area contributed by atoms with Gasteiger partial charge in [0.1, 0.15) is 5.82 Å². The number of carboxylic acids is 1. The Bertz CT molecular complexity index is 1080. The Hall–Kier alpha value is -2.89. The smallest absolute Gasteiger partial charge is 0.475 e. The van der Waals surface area contributed by atoms with Crippen LogP contribution in [0.1, 0.15) is 31.5 Å². The number of amides is 1. The number of aromatic nitrogens is 3. The maximum atomic E-state index is 12.9. The zero-order valence-corrected chi connectivity index (χ0v) is 19.2. The largest absolute Gasteiger partial charge is 0.490 e. The van der Waals surface area contributed by atoms with Crippen LogP contribution in [0.15, 0.2) is 12.3 Å². The lowest BCUT2D eigenvalue weighted by molar-refractivity contribution is -0.192. The third-order valence-corrected chi connectivity index (χ3v) is 6.54. The average Bonchev–Trinajstić information content (AvgIpc) is 3.25. The van der Waals surface area contributed by atoms with E-state index in [4.69, 9.17) is 14.9 Å². The first-order valence-electron chi connectivity index (χ1n) is 11.4. The topological polar surface area (TPSA) is 103 Å². The first-order chi connectivity index (χ1) is 16.0. The molecule has 0 aliphatic carbocycles. The first-order valence-corrected chi connectivity index (χ1v) is 11.4. The van der Waals surface area contributed by atoms with Crippen molar-refractivity contribution in [2.75, 3.05) is 44.2 Å². The lowest BCUT2D eigenvalue weighted by atomic mass is 9.93. The second-order valence-electron chi connectivity index (χ2n) is 9.79. The van der Waals surface area contributed by atoms with E-state index < -0.39 is 12.1 Å². The van der Waals surface area contributed by atoms with Gasteiger partial charge in [-0.25, -0.2) is 9.78 Å². The number of carbonyl (C=O) groups excluding carboxylic acids is 1. The minimum absolute atomic E-state index is 0.109. The number of carboxylic acid groups (broad SMARTS) is 1. The first kappa shape index (κ1) is 24.2. The number of fused-ring (bicyclic) bond motifs is 2. The standard InChI is InChI=1S/C20H28N6O.C2HF3O2/c1-20(2)6-10-24(13-20)19(27)14-11-25(12-14)18-15-3-7-21-8-4-16(15)23-17-5-9-22-26(17)18;3-2(4,5)1(6)7/h5,9,14,21H,3-4,6-8,10-13H2,1-2H3;(H,6,7). The van der Waals surface area contributed by atoms with Gasteiger partial charge in [0.25, 0.3) is 0 Å². The van der Waals surface area contributed by atoms with Gasteiger partial charge in [0.15, 0.2) is 5.65 Å². The molecule has 2 N–H and O–H groups in total. The zero-order valence-electron chi connectivity index (χ0n) is 19.2. The summed E-state index contributed by atoms with van der Waals surface area (Å²) in [5, 5.41) is 15.1. The number of anilines is 1. The maximum Gasteiger partial charge on any atom is 0.490 e. The van der Waals surface area contributed by atoms with Gasteiger partial charge in [-0.1, -0.05) is 13.8 Å². The monoisotopic (exact) mass is 482 g/mol. The summed E-state index contributed by atoms with van der Waals surface area (Å²) < 4.78 is 33.7. The number of hydrogen-bond acceptors (Lipinski definition) is 6. The molecule has 0 atom stereocenters. The highest BCUT2D eigenvalue weighted by Crippen LogP contribution is 2.34. The minimum Gasteiger partial charge on any atom is -0.475 e. The number of nitrogens with one attached hydrogen (secondary N) is 1. The Labute approximate surface area is 194 Å². The van der Waals surface area contributed by atoms with Crippen LogP contribution in [0.2, 0.25) is 0 Å². The van der Waals surface area contributed by atoms with E-state index >= 15 is 0 Å². The molecule has 0 spiro atoms. The van der Waals surface area contributed by atoms with Crippen molar-refractivity contribution in [1.29, 1.82) is 0 Å². The normalized spacial score (nSPS) is 20.3. The molecule has 2 aromatic heterocycles. The highest BCUT2D eigenvalue weighted by molar-refractivity contribution is 5.82. The average molecular weight is 483 g/mol. The van der Waals surface area contributed by atoms with Crippen molar-refractivity contribution in [2.24, 2.45) is 11.3 Å². The number of aliphatic carboxylic acids is 1. The van der Waals surface area contributed by atoms with E-state index in [0.29, 0.717) is 5.91 Å². The van der Waals surface area contributed by atoms with E-state index in [0.717, 1.165) is 70.0 Å². The fraction of sp³-hybridized carbons (Fsp3) is 0.636. The third-order valence-electron chi connectivity index (χ3n) is 6.54. The second-order valence-corrected chi connectivity index (χ2v) is 9.79. The number of hydrogen-bond donors (Lipinski definition) is 2. The molecule has 34 heavy (non-hydrogen) atoms. The van der Waals surface area contributed by atoms with Gasteiger partial charge in [0.05, 0.1) is 17.8 Å². The van der Waals surface area contributed by atoms with Crippen LogP contribution in [-0.2, 0) is 22.4 Å². The van der Waals surface area contributed by atoms with Crippen LogP contribution in [0, 0.1) is 11.3 Å². The van der Waals surface area contributed by atoms with Gasteiger partial charge >= 0.3 is 12.1 Å². The highest BCUT2D eigenvalue weighted by atomic mass is 19.4. The zero-order chi connectivity index (χ0) is 24.7. The molecular weight excluding hydrogens is 453 g/mol. The van der Waals surface area contributed by atoms with Crippen molar-refractivity contribution in [3.05, 3.63) is 23.5 Å². The lowest BCUT2D eigenvalue weighted by Crippen LogP contribution is -2.55. The van der Waals surface area contributed by atoms with Gasteiger partial charge in [-0.3, -0.25) is 4.79 Å². The molecule has 0 bridgehead atoms. The summed E-state index contributed by atoms with van der Waals surface area (Å²) in [6, 6.07) is 1.97. The summed E-state index contributed by atoms with van der Waals surface area (Å²) in [6.07, 6.45) is -0.252. The van der Waals surface area contributed by atoms with Crippen LogP contribution in [-0.4, -0.2) is 81.9 Å². The summed E-state index contributed by atoms with van der Waals surface area (Å²) in [4.78, 5) is 31.0. The van der Waals surface area contributed by atoms with Crippen LogP contribution in [0.4, 0.5) is 19.0 Å². The van der Waals surface area contributed by atoms with E-state index in [1.54, 1.807) is 0 Å². The van der Waals surface area contributed by atoms with Crippen molar-refractivity contribution < 1.29 is 27.9 Å². The number of alkyl halides is 3. The van der Waals surface area contributed by atoms with E-state index in [9.17, 15) is 18.0 Å². The number of halogens is 3. The molecule has 3 aliphatic heterocycles. The SMILES string of the molecule is CC1(C)CCN(C(=O)C2CN(c3c4c(nc5ccnn35)CCNCC4)C2)C1.O=C(O)C(F)(F)F. The maximum absolute atomic E-state index is 12.9. The summed E-state index contributed by atoms with van der Waals surface area (Å²) in [7, 11) is 0. The molecular formula is C22H29F3N6O3. The Morgan fingerprint density at radius 1 is 1.21 bits per heavy atom. The van der Waals surface area contributed by atoms with E-state index in [1.165, 1.54) is 11.3 Å². The molecule has 0 radical (unpaired) electrons. The van der Waals surface area contributed by atoms with Crippen molar-refractivity contribution >= 4 is 23.3 Å². The molecule has 5 rings (SSSR count). The Kier molecular flexibility index (Phi) is 6.45. The second kappa shape index (κ2) is 9.05. The van der Waals surface area contributed by atoms with E-state index in [-0.39, 0.29) is 11.3 Å². The summed E-state index contributed by atoms with van der Waals surface area (Å²) >= 11 is 0. The van der Waals surface area contributed by atoms with Crippen LogP contribution >= 0.6 is 0 Å². The number of rotatable bonds is 2. The van der Waals surface area contributed by atoms with Crippen molar-refractivity contribution in [3.8, 4) is 0 Å². The molecule has 9 nitrogen and oxygen atoms in total. The molecule has 1 amide bonds. The lowest BCUT2D eigenvalue weighted by Gasteiger charge is -2.42. The molecule has 186 valence electrons. The summed E-state index contributed by atoms with van der Waals surface area (Å²) in [6.45, 7) is 9.81. The van der Waals surface area contributed by atoms with Gasteiger partial charge in [0, 0.05) is 50.8 Å². The van der Waals surface area contributed by atoms with Gasteiger partial charge in [0.2, 0.25) is 5.91 Å². The molecule has 0 saturated carbocycles. The van der Waals surface area contributed by atoms with Crippen LogP contribution in [0.5, 0.6) is 0 Å². The Morgan fingerprint density at radius 2 is 1.88 bits per heavy atom. The van der Waals surface area contributed by atoms with Gasteiger partial charge < -0.3 is 20.2 Å². The van der Waals surface area contributed by atoms with Gasteiger partial charge in [-0.15, -0.1) is 0 Å². The molecule has 2 fully saturated rings. The molecule has 2 aromatic rings. The predicted octanol–water partition coefficient (Wildman–Crippen LogP) is 1.75. The van der Waals surface area contributed by atoms with Crippen LogP contribution in [0.3, 0.4) is 0 Å². The Balaban J connectivity index is 0.000000344. The molecule has 12 heteroatoms. The third kappa shape index (κ3) is 4.96. The fourth-order valence-electron chi connectivity index (χ4n) is 4.71. The van der Waals surface area contributed by atoms with Gasteiger partial charge in [-0.05, 0) is 24.8 Å². The predicted molar refractivity (Wildman–Crippen MR) is 118 cm³/mol. The molecule has 5 heterocycles. The van der Waals surface area contributed by atoms with Crippen molar-refractivity contribution in [3.63, 3.8) is 0 Å². The Morgan fingerprint density at radius 3 is 2.50 bits per heavy atom. The van der Waals surface area contributed by atoms with Crippen molar-refractivity contribution in [2.45, 2.75) is 39.3 Å². The fourth-order valence-corrected chi connectivity index (χ4v) is 4.71. The summed E-state index contributed by atoms with van der Waals surface area (Å²) in [5.41, 5.74) is 3.64. The summed E-state index contributed by atoms with van der Waals surface area (Å²) in [5.74, 6) is -1.17. The number of nitrogens with zero attached hydrogens (tertiary/aromatic N) is 5. The van der Waals surface area contributed by atoms with E-state index in [1.807, 2.05) is 16.8 Å². The van der Waals surface area contributed by atoms with Crippen LogP contribution in [0.25, 0.3) is 5.65 Å². The highest BCUT2D eigenvalue weighted by Gasteiger charge is 2.41. The molecule has 0 aromatic carbocycles. The van der Waals surface area contributed by atoms with Gasteiger partial charge in [-0.2, -0.15) is 22.8 Å². The molecule has 2 saturated heterocycles. The number of likely N-dealkylation sites (tertiary alicyclic amines) is 1. The molecule has 0 unspecified atom stereocenters. The molecule has 3 aliphatic rings. The van der Waals surface area contributed by atoms with Crippen LogP contribution < -0.4 is 10.2 Å². The van der Waals surface area contributed by atoms with E-state index in [2.05, 4.69) is 34.1 Å². The number of carbonyl (C=O) groups is 2.